The number of hydrogen-bond donors (Lipinski definition) is 0. The minimum absolute atomic E-state index is 0.0411. The number of amides is 4. The van der Waals surface area contributed by atoms with Gasteiger partial charge in [0, 0.05) is 13.7 Å². The van der Waals surface area contributed by atoms with Crippen LogP contribution in [0.4, 0.5) is 10.5 Å². The minimum Gasteiger partial charge on any atom is -0.375 e. The number of fused-ring (bicyclic) bond motifs is 5. The van der Waals surface area contributed by atoms with Gasteiger partial charge in [0.2, 0.25) is 5.91 Å². The van der Waals surface area contributed by atoms with Gasteiger partial charge < -0.3 is 14.5 Å². The van der Waals surface area contributed by atoms with E-state index in [0.717, 1.165) is 4.90 Å². The number of urea groups is 1. The van der Waals surface area contributed by atoms with Crippen molar-refractivity contribution in [3.8, 4) is 6.07 Å². The van der Waals surface area contributed by atoms with E-state index < -0.39 is 12.1 Å². The first-order chi connectivity index (χ1) is 12.5. The molecule has 3 aliphatic rings. The van der Waals surface area contributed by atoms with Gasteiger partial charge in [-0.2, -0.15) is 5.26 Å². The summed E-state index contributed by atoms with van der Waals surface area (Å²) in [5.41, 5.74) is 1.20. The Kier molecular flexibility index (Phi) is 3.66. The van der Waals surface area contributed by atoms with Crippen LogP contribution < -0.4 is 4.90 Å². The average Bonchev–Trinajstić information content (AvgIpc) is 3.27. The Bertz CT molecular complexity index is 863. The first-order valence-corrected chi connectivity index (χ1v) is 8.29. The number of hydrogen-bond acceptors (Lipinski definition) is 6. The number of carbonyl (C=O) groups is 3. The number of imide groups is 1. The summed E-state index contributed by atoms with van der Waals surface area (Å²) in [4.78, 5) is 46.4. The highest BCUT2D eigenvalue weighted by Gasteiger charge is 2.62. The van der Waals surface area contributed by atoms with E-state index in [4.69, 9.17) is 10.00 Å². The quantitative estimate of drug-likeness (QED) is 0.708. The van der Waals surface area contributed by atoms with Gasteiger partial charge in [0.1, 0.15) is 24.4 Å². The molecule has 0 radical (unpaired) electrons. The smallest absolute Gasteiger partial charge is 0.332 e. The van der Waals surface area contributed by atoms with Crippen molar-refractivity contribution in [1.29, 1.82) is 5.26 Å². The summed E-state index contributed by atoms with van der Waals surface area (Å²) in [6.45, 7) is 2.08. The lowest BCUT2D eigenvalue weighted by Crippen LogP contribution is -2.55. The minimum atomic E-state index is -0.669. The van der Waals surface area contributed by atoms with Crippen LogP contribution in [-0.4, -0.2) is 71.0 Å². The molecule has 2 bridgehead atoms. The molecule has 3 atom stereocenters. The van der Waals surface area contributed by atoms with Gasteiger partial charge in [0.25, 0.3) is 5.91 Å². The van der Waals surface area contributed by atoms with E-state index in [0.29, 0.717) is 24.2 Å². The second-order valence-corrected chi connectivity index (χ2v) is 6.72. The number of pyridine rings is 1. The second kappa shape index (κ2) is 5.78. The zero-order valence-electron chi connectivity index (χ0n) is 14.4. The standard InChI is InChI=1S/C17H17N5O4/c1-9-3-10(6-19-12(9)5-18)22-16(24)15-13-4-11(21(15)17(22)25)7-20(13)14(23)8-26-2/h3,6,11,13,15H,4,7-8H2,1-2H3/t11?,13?,15-/m0/s1. The predicted octanol–water partition coefficient (Wildman–Crippen LogP) is 0.0284. The molecule has 0 spiro atoms. The highest BCUT2D eigenvalue weighted by Crippen LogP contribution is 2.42. The lowest BCUT2D eigenvalue weighted by Gasteiger charge is -2.34. The molecule has 3 saturated heterocycles. The zero-order chi connectivity index (χ0) is 18.6. The topological polar surface area (TPSA) is 107 Å². The summed E-state index contributed by atoms with van der Waals surface area (Å²) in [7, 11) is 1.45. The van der Waals surface area contributed by atoms with E-state index in [1.165, 1.54) is 13.3 Å². The molecule has 1 aromatic heterocycles. The molecular formula is C17H17N5O4. The molecule has 0 saturated carbocycles. The largest absolute Gasteiger partial charge is 0.375 e. The Labute approximate surface area is 149 Å². The average molecular weight is 355 g/mol. The SMILES string of the molecule is COCC(=O)N1CC2CC1[C@H]1C(=O)N(c3cnc(C#N)c(C)c3)C(=O)N21. The van der Waals surface area contributed by atoms with Gasteiger partial charge in [-0.1, -0.05) is 0 Å². The fourth-order valence-electron chi connectivity index (χ4n) is 4.19. The molecule has 2 unspecified atom stereocenters. The number of nitriles is 1. The van der Waals surface area contributed by atoms with Gasteiger partial charge in [-0.3, -0.25) is 9.59 Å². The molecule has 3 fully saturated rings. The van der Waals surface area contributed by atoms with Gasteiger partial charge >= 0.3 is 6.03 Å². The van der Waals surface area contributed by atoms with Gasteiger partial charge in [-0.15, -0.1) is 0 Å². The summed E-state index contributed by atoms with van der Waals surface area (Å²) < 4.78 is 4.91. The summed E-state index contributed by atoms with van der Waals surface area (Å²) >= 11 is 0. The number of likely N-dealkylation sites (tertiary alicyclic amines) is 1. The van der Waals surface area contributed by atoms with Crippen molar-refractivity contribution in [2.75, 3.05) is 25.2 Å². The molecule has 9 heteroatoms. The molecule has 134 valence electrons. The molecular weight excluding hydrogens is 338 g/mol. The number of aromatic nitrogens is 1. The molecule has 26 heavy (non-hydrogen) atoms. The van der Waals surface area contributed by atoms with Crippen LogP contribution in [-0.2, 0) is 14.3 Å². The molecule has 0 aromatic carbocycles. The van der Waals surface area contributed by atoms with E-state index in [2.05, 4.69) is 4.98 Å². The Morgan fingerprint density at radius 1 is 1.46 bits per heavy atom. The highest BCUT2D eigenvalue weighted by atomic mass is 16.5. The van der Waals surface area contributed by atoms with Crippen LogP contribution in [0.1, 0.15) is 17.7 Å². The van der Waals surface area contributed by atoms with Crippen LogP contribution in [0.3, 0.4) is 0 Å². The molecule has 4 rings (SSSR count). The number of piperazine rings is 1. The molecule has 0 N–H and O–H groups in total. The molecule has 0 aliphatic carbocycles. The van der Waals surface area contributed by atoms with Crippen LogP contribution >= 0.6 is 0 Å². The summed E-state index contributed by atoms with van der Waals surface area (Å²) in [5.74, 6) is -0.530. The van der Waals surface area contributed by atoms with Crippen molar-refractivity contribution >= 4 is 23.5 Å². The fourth-order valence-corrected chi connectivity index (χ4v) is 4.19. The number of ether oxygens (including phenoxy) is 1. The highest BCUT2D eigenvalue weighted by molar-refractivity contribution is 6.22. The van der Waals surface area contributed by atoms with E-state index in [9.17, 15) is 14.4 Å². The fraction of sp³-hybridized carbons (Fsp3) is 0.471. The maximum atomic E-state index is 13.0. The van der Waals surface area contributed by atoms with Gasteiger partial charge in [0.05, 0.1) is 24.0 Å². The third kappa shape index (κ3) is 2.12. The number of carbonyl (C=O) groups excluding carboxylic acids is 3. The summed E-state index contributed by atoms with van der Waals surface area (Å²) in [6, 6.07) is 2.02. The van der Waals surface area contributed by atoms with Gasteiger partial charge in [-0.25, -0.2) is 14.7 Å². The third-order valence-electron chi connectivity index (χ3n) is 5.28. The first-order valence-electron chi connectivity index (χ1n) is 8.29. The lowest BCUT2D eigenvalue weighted by atomic mass is 10.1. The van der Waals surface area contributed by atoms with Crippen LogP contribution in [0.15, 0.2) is 12.3 Å². The Morgan fingerprint density at radius 3 is 2.88 bits per heavy atom. The number of methoxy groups -OCH3 is 1. The number of aryl methyl sites for hydroxylation is 1. The Morgan fingerprint density at radius 2 is 2.23 bits per heavy atom. The summed E-state index contributed by atoms with van der Waals surface area (Å²) in [6.07, 6.45) is 1.97. The molecule has 4 heterocycles. The predicted molar refractivity (Wildman–Crippen MR) is 88.0 cm³/mol. The maximum absolute atomic E-state index is 13.0. The molecule has 3 aliphatic heterocycles. The molecule has 4 amide bonds. The third-order valence-corrected chi connectivity index (χ3v) is 5.28. The van der Waals surface area contributed by atoms with Crippen LogP contribution in [0, 0.1) is 18.3 Å². The van der Waals surface area contributed by atoms with E-state index in [1.54, 1.807) is 22.8 Å². The summed E-state index contributed by atoms with van der Waals surface area (Å²) in [5, 5.41) is 9.00. The number of nitrogens with zero attached hydrogens (tertiary/aromatic N) is 5. The normalized spacial score (nSPS) is 26.5. The van der Waals surface area contributed by atoms with E-state index >= 15 is 0 Å². The van der Waals surface area contributed by atoms with Crippen LogP contribution in [0.25, 0.3) is 0 Å². The molecule has 1 aromatic rings. The monoisotopic (exact) mass is 355 g/mol. The molecule has 9 nitrogen and oxygen atoms in total. The first kappa shape index (κ1) is 16.5. The van der Waals surface area contributed by atoms with Crippen molar-refractivity contribution in [1.82, 2.24) is 14.8 Å². The zero-order valence-corrected chi connectivity index (χ0v) is 14.4. The van der Waals surface area contributed by atoms with Crippen molar-refractivity contribution in [3.63, 3.8) is 0 Å². The van der Waals surface area contributed by atoms with Crippen LogP contribution in [0.5, 0.6) is 0 Å². The van der Waals surface area contributed by atoms with Crippen molar-refractivity contribution in [3.05, 3.63) is 23.5 Å². The van der Waals surface area contributed by atoms with Crippen molar-refractivity contribution < 1.29 is 19.1 Å². The number of rotatable bonds is 3. The lowest BCUT2D eigenvalue weighted by molar-refractivity contribution is -0.139. The van der Waals surface area contributed by atoms with Crippen LogP contribution in [0.2, 0.25) is 0 Å². The second-order valence-electron chi connectivity index (χ2n) is 6.72. The van der Waals surface area contributed by atoms with Crippen molar-refractivity contribution in [2.45, 2.75) is 31.5 Å². The van der Waals surface area contributed by atoms with Gasteiger partial charge in [0.15, 0.2) is 0 Å². The Hall–Kier alpha value is -2.99. The number of anilines is 1. The van der Waals surface area contributed by atoms with Crippen molar-refractivity contribution in [2.24, 2.45) is 0 Å². The maximum Gasteiger partial charge on any atom is 0.332 e. The Balaban J connectivity index is 1.64. The van der Waals surface area contributed by atoms with E-state index in [-0.39, 0.29) is 36.2 Å². The van der Waals surface area contributed by atoms with Gasteiger partial charge in [-0.05, 0) is 25.0 Å². The van der Waals surface area contributed by atoms with E-state index in [1.807, 2.05) is 6.07 Å².